The summed E-state index contributed by atoms with van der Waals surface area (Å²) in [6.07, 6.45) is 0.154. The number of carbonyl (C=O) groups is 1. The van der Waals surface area contributed by atoms with Crippen molar-refractivity contribution in [2.24, 2.45) is 0 Å². The molecule has 1 aromatic carbocycles. The molecule has 100 valence electrons. The molecule has 0 unspecified atom stereocenters. The number of hydrogen-bond donors (Lipinski definition) is 1. The summed E-state index contributed by atoms with van der Waals surface area (Å²) in [4.78, 5) is 13.7. The van der Waals surface area contributed by atoms with Crippen LogP contribution in [0, 0.1) is 6.92 Å². The SMILES string of the molecule is Cc1ccc(O)c(C(=O)N(C)CCOC(C)C)c1. The highest BCUT2D eigenvalue weighted by Crippen LogP contribution is 2.19. The second-order valence-corrected chi connectivity index (χ2v) is 4.67. The molecule has 0 saturated heterocycles. The Morgan fingerprint density at radius 1 is 1.44 bits per heavy atom. The molecule has 0 aliphatic heterocycles. The van der Waals surface area contributed by atoms with Crippen LogP contribution in [0.25, 0.3) is 0 Å². The highest BCUT2D eigenvalue weighted by Gasteiger charge is 2.15. The Morgan fingerprint density at radius 3 is 2.72 bits per heavy atom. The third-order valence-corrected chi connectivity index (χ3v) is 2.61. The number of amides is 1. The molecular weight excluding hydrogens is 230 g/mol. The van der Waals surface area contributed by atoms with E-state index >= 15 is 0 Å². The second-order valence-electron chi connectivity index (χ2n) is 4.67. The third-order valence-electron chi connectivity index (χ3n) is 2.61. The first-order valence-electron chi connectivity index (χ1n) is 6.08. The van der Waals surface area contributed by atoms with E-state index in [0.29, 0.717) is 18.7 Å². The Morgan fingerprint density at radius 2 is 2.11 bits per heavy atom. The Labute approximate surface area is 108 Å². The van der Waals surface area contributed by atoms with Crippen LogP contribution in [0.2, 0.25) is 0 Å². The maximum atomic E-state index is 12.1. The van der Waals surface area contributed by atoms with Crippen molar-refractivity contribution in [3.8, 4) is 5.75 Å². The van der Waals surface area contributed by atoms with Gasteiger partial charge in [0.25, 0.3) is 5.91 Å². The summed E-state index contributed by atoms with van der Waals surface area (Å²) >= 11 is 0. The predicted octanol–water partition coefficient (Wildman–Crippen LogP) is 2.20. The molecule has 0 fully saturated rings. The number of aromatic hydroxyl groups is 1. The zero-order valence-corrected chi connectivity index (χ0v) is 11.4. The summed E-state index contributed by atoms with van der Waals surface area (Å²) in [6.45, 7) is 6.79. The van der Waals surface area contributed by atoms with Crippen molar-refractivity contribution < 1.29 is 14.6 Å². The molecule has 1 amide bonds. The molecule has 0 spiro atoms. The Bertz CT molecular complexity index is 416. The number of benzene rings is 1. The van der Waals surface area contributed by atoms with Gasteiger partial charge >= 0.3 is 0 Å². The van der Waals surface area contributed by atoms with Crippen LogP contribution < -0.4 is 0 Å². The van der Waals surface area contributed by atoms with E-state index in [1.807, 2.05) is 20.8 Å². The van der Waals surface area contributed by atoms with Gasteiger partial charge < -0.3 is 14.7 Å². The molecule has 1 rings (SSSR count). The number of phenolic OH excluding ortho intramolecular Hbond substituents is 1. The van der Waals surface area contributed by atoms with Gasteiger partial charge in [0, 0.05) is 13.6 Å². The van der Waals surface area contributed by atoms with Crippen LogP contribution in [0.15, 0.2) is 18.2 Å². The smallest absolute Gasteiger partial charge is 0.257 e. The molecule has 4 nitrogen and oxygen atoms in total. The van der Waals surface area contributed by atoms with Crippen LogP contribution in [-0.4, -0.2) is 42.2 Å². The van der Waals surface area contributed by atoms with Crippen LogP contribution in [-0.2, 0) is 4.74 Å². The van der Waals surface area contributed by atoms with Crippen molar-refractivity contribution >= 4 is 5.91 Å². The first-order chi connectivity index (χ1) is 8.41. The van der Waals surface area contributed by atoms with Crippen LogP contribution in [0.3, 0.4) is 0 Å². The molecule has 0 aliphatic rings. The zero-order valence-electron chi connectivity index (χ0n) is 11.4. The third kappa shape index (κ3) is 4.04. The summed E-state index contributed by atoms with van der Waals surface area (Å²) < 4.78 is 5.40. The molecular formula is C14H21NO3. The summed E-state index contributed by atoms with van der Waals surface area (Å²) in [7, 11) is 1.70. The van der Waals surface area contributed by atoms with E-state index in [-0.39, 0.29) is 17.8 Å². The summed E-state index contributed by atoms with van der Waals surface area (Å²) in [5, 5.41) is 9.69. The summed E-state index contributed by atoms with van der Waals surface area (Å²) in [6, 6.07) is 5.01. The first kappa shape index (κ1) is 14.5. The van der Waals surface area contributed by atoms with Crippen LogP contribution in [0.4, 0.5) is 0 Å². The monoisotopic (exact) mass is 251 g/mol. The van der Waals surface area contributed by atoms with Gasteiger partial charge in [-0.2, -0.15) is 0 Å². The lowest BCUT2D eigenvalue weighted by Gasteiger charge is -2.19. The number of aryl methyl sites for hydroxylation is 1. The van der Waals surface area contributed by atoms with E-state index in [4.69, 9.17) is 4.74 Å². The Balaban J connectivity index is 2.65. The number of carbonyl (C=O) groups excluding carboxylic acids is 1. The van der Waals surface area contributed by atoms with E-state index in [2.05, 4.69) is 0 Å². The lowest BCUT2D eigenvalue weighted by atomic mass is 10.1. The Hall–Kier alpha value is -1.55. The number of nitrogens with zero attached hydrogens (tertiary/aromatic N) is 1. The maximum Gasteiger partial charge on any atom is 0.257 e. The molecule has 0 radical (unpaired) electrons. The van der Waals surface area contributed by atoms with Gasteiger partial charge in [-0.25, -0.2) is 0 Å². The van der Waals surface area contributed by atoms with E-state index in [0.717, 1.165) is 5.56 Å². The lowest BCUT2D eigenvalue weighted by molar-refractivity contribution is 0.0530. The van der Waals surface area contributed by atoms with Crippen molar-refractivity contribution in [3.05, 3.63) is 29.3 Å². The van der Waals surface area contributed by atoms with Crippen molar-refractivity contribution in [3.63, 3.8) is 0 Å². The van der Waals surface area contributed by atoms with Gasteiger partial charge in [-0.05, 0) is 32.9 Å². The lowest BCUT2D eigenvalue weighted by Crippen LogP contribution is -2.30. The molecule has 0 saturated carbocycles. The normalized spacial score (nSPS) is 10.7. The minimum absolute atomic E-state index is 0.0160. The average molecular weight is 251 g/mol. The van der Waals surface area contributed by atoms with Crippen molar-refractivity contribution in [2.45, 2.75) is 26.9 Å². The largest absolute Gasteiger partial charge is 0.507 e. The first-order valence-corrected chi connectivity index (χ1v) is 6.08. The van der Waals surface area contributed by atoms with Crippen molar-refractivity contribution in [1.82, 2.24) is 4.90 Å². The van der Waals surface area contributed by atoms with Crippen LogP contribution >= 0.6 is 0 Å². The topological polar surface area (TPSA) is 49.8 Å². The van der Waals surface area contributed by atoms with Gasteiger partial charge in [-0.3, -0.25) is 4.79 Å². The van der Waals surface area contributed by atoms with Gasteiger partial charge in [-0.15, -0.1) is 0 Å². The molecule has 18 heavy (non-hydrogen) atoms. The van der Waals surface area contributed by atoms with Gasteiger partial charge in [0.2, 0.25) is 0 Å². The van der Waals surface area contributed by atoms with Crippen molar-refractivity contribution in [2.75, 3.05) is 20.2 Å². The predicted molar refractivity (Wildman–Crippen MR) is 70.9 cm³/mol. The van der Waals surface area contributed by atoms with E-state index in [9.17, 15) is 9.90 Å². The molecule has 0 aromatic heterocycles. The fourth-order valence-corrected chi connectivity index (χ4v) is 1.55. The number of phenols is 1. The number of hydrogen-bond acceptors (Lipinski definition) is 3. The minimum Gasteiger partial charge on any atom is -0.507 e. The molecule has 1 aromatic rings. The highest BCUT2D eigenvalue weighted by atomic mass is 16.5. The number of likely N-dealkylation sites (N-methyl/N-ethyl adjacent to an activating group) is 1. The fraction of sp³-hybridized carbons (Fsp3) is 0.500. The van der Waals surface area contributed by atoms with Gasteiger partial charge in [0.15, 0.2) is 0 Å². The van der Waals surface area contributed by atoms with E-state index in [1.165, 1.54) is 0 Å². The molecule has 0 aliphatic carbocycles. The minimum atomic E-state index is -0.191. The number of rotatable bonds is 5. The van der Waals surface area contributed by atoms with Crippen LogP contribution in [0.5, 0.6) is 5.75 Å². The maximum absolute atomic E-state index is 12.1. The molecule has 4 heteroatoms. The summed E-state index contributed by atoms with van der Waals surface area (Å²) in [5.41, 5.74) is 1.28. The molecule has 0 atom stereocenters. The van der Waals surface area contributed by atoms with Crippen molar-refractivity contribution in [1.29, 1.82) is 0 Å². The highest BCUT2D eigenvalue weighted by molar-refractivity contribution is 5.96. The second kappa shape index (κ2) is 6.40. The van der Waals surface area contributed by atoms with E-state index < -0.39 is 0 Å². The molecule has 1 N–H and O–H groups in total. The van der Waals surface area contributed by atoms with Crippen LogP contribution in [0.1, 0.15) is 29.8 Å². The Kier molecular flexibility index (Phi) is 5.16. The zero-order chi connectivity index (χ0) is 13.7. The quantitative estimate of drug-likeness (QED) is 0.872. The average Bonchev–Trinajstić information content (AvgIpc) is 2.30. The van der Waals surface area contributed by atoms with Gasteiger partial charge in [-0.1, -0.05) is 11.6 Å². The molecule has 0 heterocycles. The molecule has 0 bridgehead atoms. The standard InChI is InChI=1S/C14H21NO3/c1-10(2)18-8-7-15(4)14(17)12-9-11(3)5-6-13(12)16/h5-6,9-10,16H,7-8H2,1-4H3. The van der Waals surface area contributed by atoms with Gasteiger partial charge in [0.05, 0.1) is 18.3 Å². The fourth-order valence-electron chi connectivity index (χ4n) is 1.55. The van der Waals surface area contributed by atoms with E-state index in [1.54, 1.807) is 30.1 Å². The van der Waals surface area contributed by atoms with Gasteiger partial charge in [0.1, 0.15) is 5.75 Å². The summed E-state index contributed by atoms with van der Waals surface area (Å²) in [5.74, 6) is -0.175. The number of ether oxygens (including phenoxy) is 1.